The SMILES string of the molecule is CCCCCC1CCC(c2cc(F)c(OC(C)=O)c(F)c2)CC1. The summed E-state index contributed by atoms with van der Waals surface area (Å²) < 4.78 is 32.6. The molecule has 2 rings (SSSR count). The third-order valence-electron chi connectivity index (χ3n) is 4.80. The molecule has 0 radical (unpaired) electrons. The molecule has 0 bridgehead atoms. The van der Waals surface area contributed by atoms with E-state index in [1.165, 1.54) is 37.8 Å². The van der Waals surface area contributed by atoms with E-state index in [2.05, 4.69) is 11.7 Å². The molecule has 0 heterocycles. The van der Waals surface area contributed by atoms with Gasteiger partial charge >= 0.3 is 5.97 Å². The highest BCUT2D eigenvalue weighted by molar-refractivity contribution is 5.69. The molecule has 1 aromatic carbocycles. The van der Waals surface area contributed by atoms with Crippen LogP contribution in [0.2, 0.25) is 0 Å². The lowest BCUT2D eigenvalue weighted by Gasteiger charge is -2.29. The number of unbranched alkanes of at least 4 members (excludes halogenated alkanes) is 2. The zero-order valence-corrected chi connectivity index (χ0v) is 14.0. The molecule has 0 aromatic heterocycles. The van der Waals surface area contributed by atoms with Crippen molar-refractivity contribution in [1.29, 1.82) is 0 Å². The molecule has 1 fully saturated rings. The van der Waals surface area contributed by atoms with Crippen molar-refractivity contribution in [2.75, 3.05) is 0 Å². The van der Waals surface area contributed by atoms with Crippen LogP contribution in [-0.4, -0.2) is 5.97 Å². The fourth-order valence-corrected chi connectivity index (χ4v) is 3.52. The minimum atomic E-state index is -0.791. The Labute approximate surface area is 137 Å². The zero-order valence-electron chi connectivity index (χ0n) is 14.0. The van der Waals surface area contributed by atoms with Crippen molar-refractivity contribution in [2.24, 2.45) is 5.92 Å². The molecule has 128 valence electrons. The van der Waals surface area contributed by atoms with Crippen molar-refractivity contribution in [1.82, 2.24) is 0 Å². The van der Waals surface area contributed by atoms with Gasteiger partial charge in [-0.15, -0.1) is 0 Å². The molecule has 0 atom stereocenters. The number of hydrogen-bond acceptors (Lipinski definition) is 2. The Morgan fingerprint density at radius 1 is 1.13 bits per heavy atom. The number of ether oxygens (including phenoxy) is 1. The molecule has 23 heavy (non-hydrogen) atoms. The van der Waals surface area contributed by atoms with Gasteiger partial charge in [0.25, 0.3) is 0 Å². The largest absolute Gasteiger partial charge is 0.420 e. The van der Waals surface area contributed by atoms with Crippen LogP contribution in [0.1, 0.15) is 76.7 Å². The van der Waals surface area contributed by atoms with Crippen LogP contribution in [0.4, 0.5) is 8.78 Å². The first kappa shape index (κ1) is 17.9. The van der Waals surface area contributed by atoms with Gasteiger partial charge in [0.2, 0.25) is 5.75 Å². The zero-order chi connectivity index (χ0) is 16.8. The average molecular weight is 324 g/mol. The predicted octanol–water partition coefficient (Wildman–Crippen LogP) is 5.74. The first-order valence-corrected chi connectivity index (χ1v) is 8.68. The third kappa shape index (κ3) is 5.02. The molecular formula is C19H26F2O2. The summed E-state index contributed by atoms with van der Waals surface area (Å²) in [5.41, 5.74) is 0.683. The Balaban J connectivity index is 1.97. The lowest BCUT2D eigenvalue weighted by molar-refractivity contribution is -0.132. The monoisotopic (exact) mass is 324 g/mol. The van der Waals surface area contributed by atoms with Crippen LogP contribution < -0.4 is 4.74 Å². The minimum absolute atomic E-state index is 0.202. The summed E-state index contributed by atoms with van der Waals surface area (Å²) in [5.74, 6) is -1.93. The number of carbonyl (C=O) groups excluding carboxylic acids is 1. The van der Waals surface area contributed by atoms with Crippen LogP contribution in [0.3, 0.4) is 0 Å². The number of carbonyl (C=O) groups is 1. The maximum Gasteiger partial charge on any atom is 0.308 e. The molecule has 0 aliphatic heterocycles. The van der Waals surface area contributed by atoms with E-state index in [9.17, 15) is 13.6 Å². The van der Waals surface area contributed by atoms with Crippen LogP contribution in [-0.2, 0) is 4.79 Å². The second kappa shape index (κ2) is 8.42. The highest BCUT2D eigenvalue weighted by Crippen LogP contribution is 2.39. The summed E-state index contributed by atoms with van der Waals surface area (Å²) in [6.07, 6.45) is 9.29. The van der Waals surface area contributed by atoms with Gasteiger partial charge in [-0.3, -0.25) is 4.79 Å². The Morgan fingerprint density at radius 2 is 1.74 bits per heavy atom. The van der Waals surface area contributed by atoms with Gasteiger partial charge in [0.1, 0.15) is 0 Å². The Hall–Kier alpha value is -1.45. The summed E-state index contributed by atoms with van der Waals surface area (Å²) in [4.78, 5) is 10.9. The third-order valence-corrected chi connectivity index (χ3v) is 4.80. The number of halogens is 2. The maximum atomic E-state index is 14.0. The fraction of sp³-hybridized carbons (Fsp3) is 0.632. The topological polar surface area (TPSA) is 26.3 Å². The van der Waals surface area contributed by atoms with Gasteiger partial charge in [0, 0.05) is 6.92 Å². The van der Waals surface area contributed by atoms with Gasteiger partial charge in [-0.2, -0.15) is 0 Å². The second-order valence-electron chi connectivity index (χ2n) is 6.62. The normalized spacial score (nSPS) is 21.2. The van der Waals surface area contributed by atoms with Gasteiger partial charge in [-0.1, -0.05) is 32.6 Å². The summed E-state index contributed by atoms with van der Waals surface area (Å²) in [7, 11) is 0. The standard InChI is InChI=1S/C19H26F2O2/c1-3-4-5-6-14-7-9-15(10-8-14)16-11-17(20)19(18(21)12-16)23-13(2)22/h11-12,14-15H,3-10H2,1-2H3. The Kier molecular flexibility index (Phi) is 6.55. The lowest BCUT2D eigenvalue weighted by atomic mass is 9.77. The highest BCUT2D eigenvalue weighted by atomic mass is 19.1. The molecule has 1 aliphatic carbocycles. The number of rotatable bonds is 6. The van der Waals surface area contributed by atoms with Crippen molar-refractivity contribution < 1.29 is 18.3 Å². The molecule has 0 unspecified atom stereocenters. The van der Waals surface area contributed by atoms with Gasteiger partial charge < -0.3 is 4.74 Å². The van der Waals surface area contributed by atoms with Crippen molar-refractivity contribution >= 4 is 5.97 Å². The predicted molar refractivity (Wildman–Crippen MR) is 86.5 cm³/mol. The van der Waals surface area contributed by atoms with Gasteiger partial charge in [0.05, 0.1) is 0 Å². The smallest absolute Gasteiger partial charge is 0.308 e. The lowest BCUT2D eigenvalue weighted by Crippen LogP contribution is -2.14. The maximum absolute atomic E-state index is 14.0. The quantitative estimate of drug-likeness (QED) is 0.379. The molecule has 1 saturated carbocycles. The van der Waals surface area contributed by atoms with Crippen LogP contribution in [0.25, 0.3) is 0 Å². The number of esters is 1. The molecule has 1 aromatic rings. The van der Waals surface area contributed by atoms with Gasteiger partial charge in [-0.25, -0.2) is 8.78 Å². The molecule has 0 amide bonds. The first-order chi connectivity index (χ1) is 11.0. The summed E-state index contributed by atoms with van der Waals surface area (Å²) in [6, 6.07) is 2.65. The average Bonchev–Trinajstić information content (AvgIpc) is 2.51. The van der Waals surface area contributed by atoms with E-state index < -0.39 is 23.4 Å². The van der Waals surface area contributed by atoms with E-state index in [0.717, 1.165) is 38.5 Å². The van der Waals surface area contributed by atoms with Crippen LogP contribution >= 0.6 is 0 Å². The van der Waals surface area contributed by atoms with E-state index in [-0.39, 0.29) is 5.92 Å². The molecule has 0 spiro atoms. The van der Waals surface area contributed by atoms with Crippen LogP contribution in [0.15, 0.2) is 12.1 Å². The molecule has 4 heteroatoms. The Morgan fingerprint density at radius 3 is 2.26 bits per heavy atom. The van der Waals surface area contributed by atoms with E-state index in [0.29, 0.717) is 5.56 Å². The van der Waals surface area contributed by atoms with E-state index in [1.54, 1.807) is 0 Å². The van der Waals surface area contributed by atoms with E-state index in [4.69, 9.17) is 0 Å². The van der Waals surface area contributed by atoms with E-state index in [1.807, 2.05) is 0 Å². The molecule has 1 aliphatic rings. The second-order valence-corrected chi connectivity index (χ2v) is 6.62. The first-order valence-electron chi connectivity index (χ1n) is 8.68. The number of benzene rings is 1. The number of hydrogen-bond donors (Lipinski definition) is 0. The van der Waals surface area contributed by atoms with Crippen molar-refractivity contribution in [3.63, 3.8) is 0 Å². The summed E-state index contributed by atoms with van der Waals surface area (Å²) >= 11 is 0. The summed E-state index contributed by atoms with van der Waals surface area (Å²) in [6.45, 7) is 3.34. The molecule has 0 saturated heterocycles. The van der Waals surface area contributed by atoms with Gasteiger partial charge in [-0.05, 0) is 55.2 Å². The molecule has 0 N–H and O–H groups in total. The molecular weight excluding hydrogens is 298 g/mol. The highest BCUT2D eigenvalue weighted by Gasteiger charge is 2.24. The van der Waals surface area contributed by atoms with Crippen molar-refractivity contribution in [3.8, 4) is 5.75 Å². The van der Waals surface area contributed by atoms with Crippen LogP contribution in [0.5, 0.6) is 5.75 Å². The minimum Gasteiger partial charge on any atom is -0.420 e. The fourth-order valence-electron chi connectivity index (χ4n) is 3.52. The van der Waals surface area contributed by atoms with E-state index >= 15 is 0 Å². The van der Waals surface area contributed by atoms with Gasteiger partial charge in [0.15, 0.2) is 11.6 Å². The summed E-state index contributed by atoms with van der Waals surface area (Å²) in [5, 5.41) is 0. The van der Waals surface area contributed by atoms with Crippen molar-refractivity contribution in [2.45, 2.75) is 71.1 Å². The van der Waals surface area contributed by atoms with Crippen LogP contribution in [0, 0.1) is 17.6 Å². The van der Waals surface area contributed by atoms with Crippen molar-refractivity contribution in [3.05, 3.63) is 29.3 Å². The molecule has 2 nitrogen and oxygen atoms in total. The Bertz CT molecular complexity index is 511.